The van der Waals surface area contributed by atoms with Crippen molar-refractivity contribution >= 4 is 18.3 Å². The lowest BCUT2D eigenvalue weighted by Crippen LogP contribution is -2.40. The minimum Gasteiger partial charge on any atom is -0.496 e. The molecule has 1 amide bonds. The molecule has 27 heavy (non-hydrogen) atoms. The van der Waals surface area contributed by atoms with Gasteiger partial charge in [-0.1, -0.05) is 0 Å². The molecule has 0 saturated carbocycles. The van der Waals surface area contributed by atoms with Crippen molar-refractivity contribution < 1.29 is 36.2 Å². The molecule has 1 atom stereocenters. The van der Waals surface area contributed by atoms with E-state index in [4.69, 9.17) is 4.74 Å². The highest BCUT2D eigenvalue weighted by Crippen LogP contribution is 2.30. The van der Waals surface area contributed by atoms with Crippen LogP contribution in [-0.4, -0.2) is 44.6 Å². The fraction of sp³-hybridized carbons (Fsp3) is 0.562. The molecule has 1 fully saturated rings. The topological polar surface area (TPSA) is 59.6 Å². The molecule has 1 aliphatic rings. The van der Waals surface area contributed by atoms with E-state index in [9.17, 15) is 26.7 Å². The van der Waals surface area contributed by atoms with Crippen LogP contribution in [0.1, 0.15) is 18.4 Å². The van der Waals surface area contributed by atoms with E-state index in [1.165, 1.54) is 7.11 Å². The van der Waals surface area contributed by atoms with Crippen LogP contribution >= 0.6 is 12.4 Å². The molecule has 0 aliphatic carbocycles. The average Bonchev–Trinajstić information content (AvgIpc) is 3.13. The minimum absolute atomic E-state index is 0. The SMILES string of the molecule is COc1cc(OCC(F)(F)C(F)F)c(F)cc1CNC(=O)C1CCCN1.Cl. The van der Waals surface area contributed by atoms with Crippen LogP contribution in [-0.2, 0) is 11.3 Å². The summed E-state index contributed by atoms with van der Waals surface area (Å²) >= 11 is 0. The Morgan fingerprint density at radius 1 is 1.37 bits per heavy atom. The monoisotopic (exact) mass is 418 g/mol. The molecule has 5 nitrogen and oxygen atoms in total. The number of benzene rings is 1. The van der Waals surface area contributed by atoms with Crippen molar-refractivity contribution in [2.24, 2.45) is 0 Å². The third-order valence-electron chi connectivity index (χ3n) is 3.90. The van der Waals surface area contributed by atoms with Crippen LogP contribution in [0.25, 0.3) is 0 Å². The first kappa shape index (κ1) is 23.2. The lowest BCUT2D eigenvalue weighted by atomic mass is 10.1. The molecule has 1 heterocycles. The number of alkyl halides is 4. The fourth-order valence-corrected chi connectivity index (χ4v) is 2.47. The van der Waals surface area contributed by atoms with E-state index in [1.54, 1.807) is 0 Å². The maximum atomic E-state index is 14.0. The zero-order chi connectivity index (χ0) is 19.3. The summed E-state index contributed by atoms with van der Waals surface area (Å²) in [4.78, 5) is 12.0. The molecule has 0 aromatic heterocycles. The van der Waals surface area contributed by atoms with Crippen molar-refractivity contribution in [1.82, 2.24) is 10.6 Å². The van der Waals surface area contributed by atoms with Gasteiger partial charge in [-0.15, -0.1) is 12.4 Å². The Labute approximate surface area is 159 Å². The standard InChI is InChI=1S/C16H19F5N2O3.ClH/c1-25-12-6-13(26-8-16(20,21)15(18)19)10(17)5-9(12)7-23-14(24)11-3-2-4-22-11;/h5-6,11,15,22H,2-4,7-8H2,1H3,(H,23,24);1H. The molecule has 2 N–H and O–H groups in total. The van der Waals surface area contributed by atoms with Gasteiger partial charge in [0.25, 0.3) is 0 Å². The largest absolute Gasteiger partial charge is 0.496 e. The third-order valence-corrected chi connectivity index (χ3v) is 3.90. The van der Waals surface area contributed by atoms with E-state index in [-0.39, 0.29) is 42.2 Å². The van der Waals surface area contributed by atoms with Gasteiger partial charge in [-0.2, -0.15) is 8.78 Å². The van der Waals surface area contributed by atoms with Crippen molar-refractivity contribution in [3.05, 3.63) is 23.5 Å². The number of carbonyl (C=O) groups is 1. The highest BCUT2D eigenvalue weighted by molar-refractivity contribution is 5.85. The Hall–Kier alpha value is -1.81. The van der Waals surface area contributed by atoms with Gasteiger partial charge in [0.05, 0.1) is 13.2 Å². The summed E-state index contributed by atoms with van der Waals surface area (Å²) in [7, 11) is 1.26. The molecule has 1 aromatic rings. The normalized spacial score (nSPS) is 16.8. The van der Waals surface area contributed by atoms with Crippen molar-refractivity contribution in [3.63, 3.8) is 0 Å². The van der Waals surface area contributed by atoms with Crippen LogP contribution in [0.5, 0.6) is 11.5 Å². The van der Waals surface area contributed by atoms with Gasteiger partial charge in [-0.05, 0) is 25.5 Å². The fourth-order valence-electron chi connectivity index (χ4n) is 2.47. The summed E-state index contributed by atoms with van der Waals surface area (Å²) < 4.78 is 73.6. The second-order valence-electron chi connectivity index (χ2n) is 5.81. The average molecular weight is 419 g/mol. The third kappa shape index (κ3) is 6.10. The maximum Gasteiger partial charge on any atom is 0.340 e. The Kier molecular flexibility index (Phi) is 8.55. The molecule has 1 unspecified atom stereocenters. The maximum absolute atomic E-state index is 14.0. The Bertz CT molecular complexity index is 643. The van der Waals surface area contributed by atoms with Gasteiger partial charge in [0.15, 0.2) is 18.2 Å². The van der Waals surface area contributed by atoms with E-state index in [0.717, 1.165) is 25.1 Å². The summed E-state index contributed by atoms with van der Waals surface area (Å²) in [6.45, 7) is -0.982. The van der Waals surface area contributed by atoms with E-state index in [0.29, 0.717) is 6.42 Å². The molecule has 0 radical (unpaired) electrons. The van der Waals surface area contributed by atoms with Crippen molar-refractivity contribution in [3.8, 4) is 11.5 Å². The van der Waals surface area contributed by atoms with Gasteiger partial charge < -0.3 is 20.1 Å². The molecule has 0 spiro atoms. The quantitative estimate of drug-likeness (QED) is 0.637. The van der Waals surface area contributed by atoms with Crippen LogP contribution < -0.4 is 20.1 Å². The summed E-state index contributed by atoms with van der Waals surface area (Å²) in [5.41, 5.74) is 0.254. The smallest absolute Gasteiger partial charge is 0.340 e. The molecule has 1 aliphatic heterocycles. The lowest BCUT2D eigenvalue weighted by Gasteiger charge is -2.18. The number of hydrogen-bond donors (Lipinski definition) is 2. The van der Waals surface area contributed by atoms with Gasteiger partial charge in [-0.25, -0.2) is 13.2 Å². The van der Waals surface area contributed by atoms with Gasteiger partial charge >= 0.3 is 12.3 Å². The number of hydrogen-bond acceptors (Lipinski definition) is 4. The molecule has 11 heteroatoms. The van der Waals surface area contributed by atoms with Gasteiger partial charge in [-0.3, -0.25) is 4.79 Å². The number of nitrogens with one attached hydrogen (secondary N) is 2. The van der Waals surface area contributed by atoms with Crippen LogP contribution in [0.2, 0.25) is 0 Å². The molecule has 1 aromatic carbocycles. The first-order valence-electron chi connectivity index (χ1n) is 7.91. The lowest BCUT2D eigenvalue weighted by molar-refractivity contribution is -0.148. The Morgan fingerprint density at radius 2 is 2.07 bits per heavy atom. The number of halogens is 6. The van der Waals surface area contributed by atoms with Crippen LogP contribution in [0.4, 0.5) is 22.0 Å². The van der Waals surface area contributed by atoms with Crippen molar-refractivity contribution in [2.45, 2.75) is 37.8 Å². The Balaban J connectivity index is 0.00000364. The molecule has 2 rings (SSSR count). The molecular formula is C16H20ClF5N2O3. The summed E-state index contributed by atoms with van der Waals surface area (Å²) in [5.74, 6) is -6.25. The molecule has 1 saturated heterocycles. The predicted molar refractivity (Wildman–Crippen MR) is 89.5 cm³/mol. The number of carbonyl (C=O) groups excluding carboxylic acids is 1. The van der Waals surface area contributed by atoms with Crippen LogP contribution in [0.15, 0.2) is 12.1 Å². The number of amides is 1. The molecule has 154 valence electrons. The summed E-state index contributed by atoms with van der Waals surface area (Å²) in [6.07, 6.45) is -2.35. The Morgan fingerprint density at radius 3 is 2.63 bits per heavy atom. The highest BCUT2D eigenvalue weighted by atomic mass is 35.5. The van der Waals surface area contributed by atoms with E-state index >= 15 is 0 Å². The highest BCUT2D eigenvalue weighted by Gasteiger charge is 2.42. The van der Waals surface area contributed by atoms with E-state index in [2.05, 4.69) is 15.4 Å². The van der Waals surface area contributed by atoms with Crippen molar-refractivity contribution in [1.29, 1.82) is 0 Å². The summed E-state index contributed by atoms with van der Waals surface area (Å²) in [5, 5.41) is 5.64. The van der Waals surface area contributed by atoms with Crippen LogP contribution in [0, 0.1) is 5.82 Å². The molecule has 0 bridgehead atoms. The second kappa shape index (κ2) is 9.93. The van der Waals surface area contributed by atoms with Crippen molar-refractivity contribution in [2.75, 3.05) is 20.3 Å². The first-order valence-corrected chi connectivity index (χ1v) is 7.91. The zero-order valence-electron chi connectivity index (χ0n) is 14.4. The zero-order valence-corrected chi connectivity index (χ0v) is 15.2. The van der Waals surface area contributed by atoms with Crippen LogP contribution in [0.3, 0.4) is 0 Å². The minimum atomic E-state index is -4.40. The molecular weight excluding hydrogens is 399 g/mol. The van der Waals surface area contributed by atoms with E-state index in [1.807, 2.05) is 0 Å². The number of methoxy groups -OCH3 is 1. The van der Waals surface area contributed by atoms with Gasteiger partial charge in [0.1, 0.15) is 5.75 Å². The number of ether oxygens (including phenoxy) is 2. The number of rotatable bonds is 8. The van der Waals surface area contributed by atoms with Gasteiger partial charge in [0.2, 0.25) is 5.91 Å². The van der Waals surface area contributed by atoms with E-state index < -0.39 is 30.5 Å². The second-order valence-corrected chi connectivity index (χ2v) is 5.81. The van der Waals surface area contributed by atoms with Gasteiger partial charge in [0, 0.05) is 18.2 Å². The predicted octanol–water partition coefficient (Wildman–Crippen LogP) is 2.90. The first-order chi connectivity index (χ1) is 12.2. The summed E-state index contributed by atoms with van der Waals surface area (Å²) in [6, 6.07) is 1.61.